The summed E-state index contributed by atoms with van der Waals surface area (Å²) in [5.41, 5.74) is 2.82. The van der Waals surface area contributed by atoms with Gasteiger partial charge in [0.1, 0.15) is 17.2 Å². The van der Waals surface area contributed by atoms with Gasteiger partial charge < -0.3 is 30.2 Å². The first-order valence-corrected chi connectivity index (χ1v) is 9.51. The highest BCUT2D eigenvalue weighted by atomic mass is 16.5. The van der Waals surface area contributed by atoms with Crippen LogP contribution in [0.25, 0.3) is 0 Å². The van der Waals surface area contributed by atoms with Gasteiger partial charge in [0.25, 0.3) is 5.91 Å². The number of anilines is 3. The first kappa shape index (κ1) is 20.1. The van der Waals surface area contributed by atoms with Crippen molar-refractivity contribution < 1.29 is 23.8 Å². The summed E-state index contributed by atoms with van der Waals surface area (Å²) < 4.78 is 16.3. The van der Waals surface area contributed by atoms with Gasteiger partial charge in [0.15, 0.2) is 5.75 Å². The summed E-state index contributed by atoms with van der Waals surface area (Å²) in [7, 11) is 3.05. The van der Waals surface area contributed by atoms with Crippen LogP contribution < -0.4 is 30.2 Å². The number of hydrogen-bond acceptors (Lipinski definition) is 5. The third-order valence-electron chi connectivity index (χ3n) is 4.74. The Kier molecular flexibility index (Phi) is 5.36. The molecule has 1 aliphatic heterocycles. The molecule has 31 heavy (non-hydrogen) atoms. The van der Waals surface area contributed by atoms with Crippen molar-refractivity contribution in [2.45, 2.75) is 6.92 Å². The molecular formula is C23H21N3O5. The molecule has 0 atom stereocenters. The molecule has 3 aromatic rings. The molecule has 0 aliphatic carbocycles. The maximum absolute atomic E-state index is 12.7. The SMILES string of the molecule is COc1ccc(NC(=O)Nc2ccc3c(c2)C(=O)Nc2cc(C)ccc2O3)c(OC)c1. The highest BCUT2D eigenvalue weighted by Crippen LogP contribution is 2.37. The second-order valence-corrected chi connectivity index (χ2v) is 6.91. The molecule has 1 heterocycles. The average Bonchev–Trinajstić information content (AvgIpc) is 2.89. The summed E-state index contributed by atoms with van der Waals surface area (Å²) in [6, 6.07) is 15.0. The van der Waals surface area contributed by atoms with E-state index >= 15 is 0 Å². The summed E-state index contributed by atoms with van der Waals surface area (Å²) in [5.74, 6) is 1.71. The van der Waals surface area contributed by atoms with Crippen LogP contribution in [0.4, 0.5) is 21.9 Å². The third-order valence-corrected chi connectivity index (χ3v) is 4.74. The molecule has 1 aliphatic rings. The molecule has 3 amide bonds. The Labute approximate surface area is 179 Å². The molecule has 0 aromatic heterocycles. The summed E-state index contributed by atoms with van der Waals surface area (Å²) in [6.45, 7) is 1.93. The number of carbonyl (C=O) groups is 2. The van der Waals surface area contributed by atoms with E-state index in [2.05, 4.69) is 16.0 Å². The van der Waals surface area contributed by atoms with Gasteiger partial charge >= 0.3 is 6.03 Å². The van der Waals surface area contributed by atoms with Crippen LogP contribution in [0.3, 0.4) is 0 Å². The molecule has 0 spiro atoms. The van der Waals surface area contributed by atoms with Crippen molar-refractivity contribution in [3.63, 3.8) is 0 Å². The fourth-order valence-corrected chi connectivity index (χ4v) is 3.20. The van der Waals surface area contributed by atoms with E-state index in [1.807, 2.05) is 25.1 Å². The fraction of sp³-hybridized carbons (Fsp3) is 0.130. The molecule has 0 bridgehead atoms. The van der Waals surface area contributed by atoms with Crippen LogP contribution >= 0.6 is 0 Å². The number of aryl methyl sites for hydroxylation is 1. The van der Waals surface area contributed by atoms with Crippen LogP contribution in [0.1, 0.15) is 15.9 Å². The van der Waals surface area contributed by atoms with Crippen molar-refractivity contribution >= 4 is 29.0 Å². The lowest BCUT2D eigenvalue weighted by atomic mass is 10.1. The number of benzene rings is 3. The van der Waals surface area contributed by atoms with Crippen molar-refractivity contribution in [2.24, 2.45) is 0 Å². The number of nitrogens with one attached hydrogen (secondary N) is 3. The van der Waals surface area contributed by atoms with Crippen molar-refractivity contribution in [1.29, 1.82) is 0 Å². The van der Waals surface area contributed by atoms with Gasteiger partial charge in [0.2, 0.25) is 0 Å². The van der Waals surface area contributed by atoms with Gasteiger partial charge in [0.05, 0.1) is 31.2 Å². The summed E-state index contributed by atoms with van der Waals surface area (Å²) in [4.78, 5) is 25.2. The van der Waals surface area contributed by atoms with Crippen molar-refractivity contribution in [2.75, 3.05) is 30.2 Å². The maximum Gasteiger partial charge on any atom is 0.323 e. The van der Waals surface area contributed by atoms with E-state index in [-0.39, 0.29) is 5.91 Å². The van der Waals surface area contributed by atoms with Gasteiger partial charge in [-0.2, -0.15) is 0 Å². The number of rotatable bonds is 4. The van der Waals surface area contributed by atoms with Crippen LogP contribution in [0.5, 0.6) is 23.0 Å². The third kappa shape index (κ3) is 4.23. The fourth-order valence-electron chi connectivity index (χ4n) is 3.20. The number of urea groups is 1. The quantitative estimate of drug-likeness (QED) is 0.552. The Hall–Kier alpha value is -4.20. The van der Waals surface area contributed by atoms with Gasteiger partial charge in [-0.05, 0) is 55.0 Å². The van der Waals surface area contributed by atoms with Crippen LogP contribution in [-0.4, -0.2) is 26.2 Å². The minimum atomic E-state index is -0.489. The number of carbonyl (C=O) groups excluding carboxylic acids is 2. The van der Waals surface area contributed by atoms with Crippen molar-refractivity contribution in [3.05, 3.63) is 65.7 Å². The number of hydrogen-bond donors (Lipinski definition) is 3. The molecule has 8 nitrogen and oxygen atoms in total. The molecular weight excluding hydrogens is 398 g/mol. The van der Waals surface area contributed by atoms with Gasteiger partial charge in [-0.25, -0.2) is 4.79 Å². The predicted octanol–water partition coefficient (Wildman–Crippen LogP) is 5.01. The van der Waals surface area contributed by atoms with Gasteiger partial charge in [0, 0.05) is 11.8 Å². The monoisotopic (exact) mass is 419 g/mol. The Morgan fingerprint density at radius 3 is 2.52 bits per heavy atom. The van der Waals surface area contributed by atoms with Crippen LogP contribution in [0.2, 0.25) is 0 Å². The minimum Gasteiger partial charge on any atom is -0.497 e. The standard InChI is InChI=1S/C23H21N3O5/c1-13-4-8-20-18(10-13)25-22(27)16-11-14(5-9-19(16)31-20)24-23(28)26-17-7-6-15(29-2)12-21(17)30-3/h4-12H,1-3H3,(H,25,27)(H2,24,26,28). The Balaban J connectivity index is 1.52. The highest BCUT2D eigenvalue weighted by molar-refractivity contribution is 6.09. The van der Waals surface area contributed by atoms with Gasteiger partial charge in [-0.3, -0.25) is 4.79 Å². The first-order chi connectivity index (χ1) is 15.0. The molecule has 3 N–H and O–H groups in total. The van der Waals surface area contributed by atoms with E-state index in [4.69, 9.17) is 14.2 Å². The summed E-state index contributed by atoms with van der Waals surface area (Å²) >= 11 is 0. The number of ether oxygens (including phenoxy) is 3. The zero-order valence-electron chi connectivity index (χ0n) is 17.2. The second kappa shape index (κ2) is 8.27. The Bertz CT molecular complexity index is 1180. The summed E-state index contributed by atoms with van der Waals surface area (Å²) in [6.07, 6.45) is 0. The first-order valence-electron chi connectivity index (χ1n) is 9.51. The van der Waals surface area contributed by atoms with E-state index in [1.165, 1.54) is 7.11 Å². The molecule has 0 saturated heterocycles. The lowest BCUT2D eigenvalue weighted by molar-refractivity contribution is 0.102. The predicted molar refractivity (Wildman–Crippen MR) is 118 cm³/mol. The smallest absolute Gasteiger partial charge is 0.323 e. The average molecular weight is 419 g/mol. The van der Waals surface area contributed by atoms with Crippen molar-refractivity contribution in [1.82, 2.24) is 0 Å². The Morgan fingerprint density at radius 1 is 0.935 bits per heavy atom. The van der Waals surface area contributed by atoms with Crippen LogP contribution in [0, 0.1) is 6.92 Å². The second-order valence-electron chi connectivity index (χ2n) is 6.91. The minimum absolute atomic E-state index is 0.314. The highest BCUT2D eigenvalue weighted by Gasteiger charge is 2.21. The summed E-state index contributed by atoms with van der Waals surface area (Å²) in [5, 5.41) is 8.29. The van der Waals surface area contributed by atoms with E-state index in [9.17, 15) is 9.59 Å². The lowest BCUT2D eigenvalue weighted by Crippen LogP contribution is -2.20. The Morgan fingerprint density at radius 2 is 1.74 bits per heavy atom. The maximum atomic E-state index is 12.7. The molecule has 8 heteroatoms. The van der Waals surface area contributed by atoms with Crippen LogP contribution in [-0.2, 0) is 0 Å². The molecule has 158 valence electrons. The number of fused-ring (bicyclic) bond motifs is 2. The largest absolute Gasteiger partial charge is 0.497 e. The molecule has 0 fully saturated rings. The zero-order chi connectivity index (χ0) is 22.0. The number of methoxy groups -OCH3 is 2. The molecule has 0 unspecified atom stereocenters. The van der Waals surface area contributed by atoms with Crippen LogP contribution in [0.15, 0.2) is 54.6 Å². The molecule has 4 rings (SSSR count). The van der Waals surface area contributed by atoms with E-state index in [0.29, 0.717) is 45.6 Å². The van der Waals surface area contributed by atoms with Gasteiger partial charge in [-0.1, -0.05) is 6.07 Å². The molecule has 0 saturated carbocycles. The van der Waals surface area contributed by atoms with Gasteiger partial charge in [-0.15, -0.1) is 0 Å². The molecule has 0 radical (unpaired) electrons. The lowest BCUT2D eigenvalue weighted by Gasteiger charge is -2.13. The molecule has 3 aromatic carbocycles. The topological polar surface area (TPSA) is 97.9 Å². The zero-order valence-corrected chi connectivity index (χ0v) is 17.2. The normalized spacial score (nSPS) is 11.8. The van der Waals surface area contributed by atoms with E-state index < -0.39 is 6.03 Å². The van der Waals surface area contributed by atoms with E-state index in [0.717, 1.165) is 5.56 Å². The van der Waals surface area contributed by atoms with E-state index in [1.54, 1.807) is 43.5 Å². The van der Waals surface area contributed by atoms with Crippen molar-refractivity contribution in [3.8, 4) is 23.0 Å². The number of amides is 3.